The predicted molar refractivity (Wildman–Crippen MR) is 340 cm³/mol. The first-order chi connectivity index (χ1) is 42.1. The molecule has 8 aromatic rings. The highest BCUT2D eigenvalue weighted by atomic mass is 32.2. The third kappa shape index (κ3) is 15.4. The highest BCUT2D eigenvalue weighted by Gasteiger charge is 2.38. The Balaban J connectivity index is 0.973. The summed E-state index contributed by atoms with van der Waals surface area (Å²) in [4.78, 5) is -5.73. The molecule has 0 aliphatic rings. The molecule has 484 valence electrons. The summed E-state index contributed by atoms with van der Waals surface area (Å²) in [6.45, 7) is 18.5. The molecule has 0 spiro atoms. The van der Waals surface area contributed by atoms with Crippen LogP contribution in [0.2, 0.25) is 0 Å². The average molecular weight is 1360 g/mol. The normalized spacial score (nSPS) is 13.9. The number of ether oxygens (including phenoxy) is 4. The average Bonchev–Trinajstić information content (AvgIpc) is 0.804. The fourth-order valence-electron chi connectivity index (χ4n) is 9.99. The lowest BCUT2D eigenvalue weighted by molar-refractivity contribution is 0.0589. The van der Waals surface area contributed by atoms with Gasteiger partial charge in [0.25, 0.3) is 40.5 Å². The molecule has 91 heavy (non-hydrogen) atoms. The summed E-state index contributed by atoms with van der Waals surface area (Å²) in [5.41, 5.74) is 1.22. The first-order valence-electron chi connectivity index (χ1n) is 28.2. The molecule has 26 heteroatoms. The third-order valence-corrected chi connectivity index (χ3v) is 23.2. The van der Waals surface area contributed by atoms with Crippen molar-refractivity contribution in [2.24, 2.45) is 0 Å². The Labute approximate surface area is 531 Å². The molecule has 0 aliphatic carbocycles. The Bertz CT molecular complexity index is 4780. The van der Waals surface area contributed by atoms with Gasteiger partial charge >= 0.3 is 0 Å². The van der Waals surface area contributed by atoms with Crippen LogP contribution in [0.15, 0.2) is 209 Å². The van der Waals surface area contributed by atoms with Crippen LogP contribution in [-0.4, -0.2) is 79.9 Å². The van der Waals surface area contributed by atoms with Crippen molar-refractivity contribution >= 4 is 60.1 Å². The number of benzene rings is 8. The largest absolute Gasteiger partial charge is 0.488 e. The van der Waals surface area contributed by atoms with Crippen LogP contribution in [0.3, 0.4) is 0 Å². The minimum Gasteiger partial charge on any atom is -0.488 e. The number of hydrogen-bond acceptors (Lipinski definition) is 16. The molecule has 0 saturated carbocycles. The Hall–Kier alpha value is -7.50. The van der Waals surface area contributed by atoms with E-state index in [1.54, 1.807) is 95.3 Å². The van der Waals surface area contributed by atoms with Gasteiger partial charge in [-0.2, -0.15) is 33.7 Å². The molecule has 0 heterocycles. The Kier molecular flexibility index (Phi) is 19.5. The Morgan fingerprint density at radius 3 is 1.05 bits per heavy atom. The lowest BCUT2D eigenvalue weighted by atomic mass is 9.78. The summed E-state index contributed by atoms with van der Waals surface area (Å²) in [5.74, 6) is -0.866. The van der Waals surface area contributed by atoms with Gasteiger partial charge in [0.2, 0.25) is 19.7 Å². The Morgan fingerprint density at radius 1 is 0.374 bits per heavy atom. The second kappa shape index (κ2) is 25.5. The van der Waals surface area contributed by atoms with Crippen LogP contribution in [0.1, 0.15) is 116 Å². The van der Waals surface area contributed by atoms with Gasteiger partial charge in [0.1, 0.15) is 55.5 Å². The van der Waals surface area contributed by atoms with E-state index in [1.807, 2.05) is 58.9 Å². The van der Waals surface area contributed by atoms with Crippen molar-refractivity contribution in [1.82, 2.24) is 0 Å². The topological polar surface area (TPSA) is 323 Å². The van der Waals surface area contributed by atoms with E-state index in [4.69, 9.17) is 18.9 Å². The molecule has 0 aromatic heterocycles. The van der Waals surface area contributed by atoms with E-state index in [0.29, 0.717) is 29.0 Å². The van der Waals surface area contributed by atoms with Gasteiger partial charge in [-0.15, -0.1) is 0 Å². The van der Waals surface area contributed by atoms with Crippen LogP contribution < -0.4 is 18.9 Å². The minimum absolute atomic E-state index is 0.0190. The standard InChI is InChI=1S/C65H68O20S6/c1-11-63(6,7)84-49-27-19-46(20-28-49)64(8,9)45-17-25-48(26-18-45)83-58-36-32-54(40-62(58)91(79,80)81)87(68,69)52-30-34-56(60(38-52)89(73,74)75)42(5)65(10,12-2)85-50-23-15-44(16-24-50)43-13-21-47(22-14-43)82-57-35-31-53(39-61(57)90(76,77)78)86(66,67)51-29-33-55(41(3)4)59(37-51)88(70,71)72/h13-42H,11-12H2,1-10H3,(H,70,71,72)(H,73,74,75)(H,76,77,78)(H,79,80,81). The molecule has 4 N–H and O–H groups in total. The molecular formula is C65H68O20S6. The fraction of sp³-hybridized carbons (Fsp3) is 0.262. The van der Waals surface area contributed by atoms with Crippen LogP contribution in [0.4, 0.5) is 0 Å². The molecule has 20 nitrogen and oxygen atoms in total. The van der Waals surface area contributed by atoms with Crippen molar-refractivity contribution in [3.8, 4) is 45.6 Å². The van der Waals surface area contributed by atoms with E-state index in [2.05, 4.69) is 0 Å². The van der Waals surface area contributed by atoms with Crippen molar-refractivity contribution in [2.45, 2.75) is 150 Å². The van der Waals surface area contributed by atoms with Crippen LogP contribution in [0.5, 0.6) is 34.5 Å². The lowest BCUT2D eigenvalue weighted by Gasteiger charge is -2.36. The van der Waals surface area contributed by atoms with Crippen LogP contribution in [0, 0.1) is 0 Å². The van der Waals surface area contributed by atoms with Gasteiger partial charge in [0.05, 0.1) is 29.4 Å². The highest BCUT2D eigenvalue weighted by Crippen LogP contribution is 2.43. The highest BCUT2D eigenvalue weighted by molar-refractivity contribution is 7.92. The first kappa shape index (κ1) is 69.4. The van der Waals surface area contributed by atoms with E-state index in [-0.39, 0.29) is 34.6 Å². The van der Waals surface area contributed by atoms with Crippen LogP contribution in [0.25, 0.3) is 11.1 Å². The molecular weight excluding hydrogens is 1290 g/mol. The second-order valence-electron chi connectivity index (χ2n) is 23.3. The zero-order chi connectivity index (χ0) is 67.2. The number of sulfone groups is 2. The summed E-state index contributed by atoms with van der Waals surface area (Å²) >= 11 is 0. The molecule has 8 aromatic carbocycles. The molecule has 0 bridgehead atoms. The van der Waals surface area contributed by atoms with E-state index in [9.17, 15) is 68.7 Å². The molecule has 0 radical (unpaired) electrons. The van der Waals surface area contributed by atoms with E-state index >= 15 is 0 Å². The van der Waals surface area contributed by atoms with E-state index < -0.39 is 134 Å². The van der Waals surface area contributed by atoms with Crippen molar-refractivity contribution in [1.29, 1.82) is 0 Å². The first-order valence-corrected chi connectivity index (χ1v) is 36.9. The lowest BCUT2D eigenvalue weighted by Crippen LogP contribution is -2.38. The molecule has 8 rings (SSSR count). The maximum atomic E-state index is 14.3. The summed E-state index contributed by atoms with van der Waals surface area (Å²) in [6.07, 6.45) is 1.07. The van der Waals surface area contributed by atoms with Crippen LogP contribution >= 0.6 is 0 Å². The summed E-state index contributed by atoms with van der Waals surface area (Å²) in [6, 6.07) is 39.0. The predicted octanol–water partition coefficient (Wildman–Crippen LogP) is 14.0. The monoisotopic (exact) mass is 1360 g/mol. The number of hydrogen-bond donors (Lipinski definition) is 4. The van der Waals surface area contributed by atoms with Gasteiger partial charge < -0.3 is 18.9 Å². The molecule has 2 atom stereocenters. The van der Waals surface area contributed by atoms with Gasteiger partial charge in [-0.1, -0.05) is 109 Å². The maximum Gasteiger partial charge on any atom is 0.298 e. The summed E-state index contributed by atoms with van der Waals surface area (Å²) in [5, 5.41) is 0. The zero-order valence-corrected chi connectivity index (χ0v) is 55.9. The zero-order valence-electron chi connectivity index (χ0n) is 51.0. The molecule has 0 amide bonds. The van der Waals surface area contributed by atoms with Crippen molar-refractivity contribution in [3.05, 3.63) is 192 Å². The number of rotatable bonds is 24. The maximum absolute atomic E-state index is 14.3. The van der Waals surface area contributed by atoms with Crippen molar-refractivity contribution in [3.63, 3.8) is 0 Å². The van der Waals surface area contributed by atoms with Gasteiger partial charge in [0.15, 0.2) is 0 Å². The molecule has 0 fully saturated rings. The van der Waals surface area contributed by atoms with Crippen molar-refractivity contribution < 1.29 is 87.7 Å². The van der Waals surface area contributed by atoms with E-state index in [0.717, 1.165) is 71.8 Å². The molecule has 0 aliphatic heterocycles. The quantitative estimate of drug-likeness (QED) is 0.0408. The summed E-state index contributed by atoms with van der Waals surface area (Å²) in [7, 11) is -29.7. The van der Waals surface area contributed by atoms with Gasteiger partial charge in [-0.3, -0.25) is 18.2 Å². The SMILES string of the molecule is CCC(C)(C)Oc1ccc(C(C)(C)c2ccc(Oc3ccc(S(=O)(=O)c4ccc(C(C)C(C)(CC)Oc5ccc(-c6ccc(Oc7ccc(S(=O)(=O)c8ccc(C(C)C)c(S(=O)(=O)O)c8)cc7S(=O)(=O)O)cc6)cc5)c(S(=O)(=O)O)c4)cc3S(=O)(=O)O)cc2)cc1. The molecule has 0 saturated heterocycles. The van der Waals surface area contributed by atoms with Crippen LogP contribution in [-0.2, 0) is 65.6 Å². The second-order valence-corrected chi connectivity index (χ2v) is 32.8. The van der Waals surface area contributed by atoms with Crippen molar-refractivity contribution in [2.75, 3.05) is 0 Å². The third-order valence-electron chi connectivity index (χ3n) is 16.1. The fourth-order valence-corrected chi connectivity index (χ4v) is 15.9. The van der Waals surface area contributed by atoms with E-state index in [1.165, 1.54) is 24.3 Å². The molecule has 2 unspecified atom stereocenters. The van der Waals surface area contributed by atoms with Gasteiger partial charge in [0, 0.05) is 11.3 Å². The summed E-state index contributed by atoms with van der Waals surface area (Å²) < 4.78 is 223. The smallest absolute Gasteiger partial charge is 0.298 e. The minimum atomic E-state index is -5.16. The van der Waals surface area contributed by atoms with Gasteiger partial charge in [-0.25, -0.2) is 16.8 Å². The van der Waals surface area contributed by atoms with Gasteiger partial charge in [-0.05, 0) is 182 Å². The Morgan fingerprint density at radius 2 is 0.692 bits per heavy atom.